The molecule has 3 aliphatic rings. The number of aromatic nitrogens is 2. The summed E-state index contributed by atoms with van der Waals surface area (Å²) in [7, 11) is 0. The van der Waals surface area contributed by atoms with Crippen molar-refractivity contribution in [1.29, 1.82) is 0 Å². The second-order valence-corrected chi connectivity index (χ2v) is 12.6. The highest BCUT2D eigenvalue weighted by atomic mass is 35.5. The van der Waals surface area contributed by atoms with Crippen molar-refractivity contribution >= 4 is 28.5 Å². The second-order valence-electron chi connectivity index (χ2n) is 12.1. The van der Waals surface area contributed by atoms with Crippen molar-refractivity contribution in [3.8, 4) is 0 Å². The zero-order chi connectivity index (χ0) is 26.6. The number of hydrogen-bond acceptors (Lipinski definition) is 3. The number of benzene rings is 2. The van der Waals surface area contributed by atoms with Gasteiger partial charge in [-0.3, -0.25) is 9.69 Å². The van der Waals surface area contributed by atoms with Crippen molar-refractivity contribution in [1.82, 2.24) is 19.4 Å². The molecule has 2 heterocycles. The molecule has 2 aromatic carbocycles. The van der Waals surface area contributed by atoms with Gasteiger partial charge in [0, 0.05) is 30.2 Å². The monoisotopic (exact) mass is 546 g/mol. The molecule has 2 aliphatic carbocycles. The fourth-order valence-corrected chi connectivity index (χ4v) is 7.51. The molecule has 208 valence electrons. The summed E-state index contributed by atoms with van der Waals surface area (Å²) in [5.74, 6) is 1.64. The molecule has 2 saturated carbocycles. The summed E-state index contributed by atoms with van der Waals surface area (Å²) in [5.41, 5.74) is 3.41. The Bertz CT molecular complexity index is 1220. The minimum atomic E-state index is 0.108. The van der Waals surface area contributed by atoms with Crippen LogP contribution in [-0.2, 0) is 17.9 Å². The number of carbonyl (C=O) groups is 1. The van der Waals surface area contributed by atoms with Crippen LogP contribution in [0, 0.1) is 5.92 Å². The Morgan fingerprint density at radius 3 is 2.18 bits per heavy atom. The maximum Gasteiger partial charge on any atom is 0.227 e. The highest BCUT2D eigenvalue weighted by Gasteiger charge is 2.37. The number of nitrogens with zero attached hydrogens (tertiary/aromatic N) is 4. The largest absolute Gasteiger partial charge is 0.336 e. The Morgan fingerprint density at radius 1 is 0.821 bits per heavy atom. The maximum atomic E-state index is 14.2. The lowest BCUT2D eigenvalue weighted by molar-refractivity contribution is -0.144. The van der Waals surface area contributed by atoms with Crippen LogP contribution in [0.5, 0.6) is 0 Å². The summed E-state index contributed by atoms with van der Waals surface area (Å²) < 4.78 is 2.35. The normalized spacial score (nSPS) is 21.8. The van der Waals surface area contributed by atoms with Crippen LogP contribution in [0.25, 0.3) is 11.0 Å². The van der Waals surface area contributed by atoms with E-state index in [0.29, 0.717) is 18.0 Å². The topological polar surface area (TPSA) is 41.4 Å². The Kier molecular flexibility index (Phi) is 8.55. The zero-order valence-corrected chi connectivity index (χ0v) is 24.0. The maximum absolute atomic E-state index is 14.2. The number of fused-ring (bicyclic) bond motifs is 1. The molecule has 3 fully saturated rings. The molecule has 1 amide bonds. The molecule has 0 unspecified atom stereocenters. The predicted octanol–water partition coefficient (Wildman–Crippen LogP) is 7.44. The van der Waals surface area contributed by atoms with Crippen molar-refractivity contribution in [3.63, 3.8) is 0 Å². The van der Waals surface area contributed by atoms with Gasteiger partial charge in [0.1, 0.15) is 5.82 Å². The number of carbonyl (C=O) groups excluding carboxylic acids is 1. The Balaban J connectivity index is 1.20. The van der Waals surface area contributed by atoms with Crippen LogP contribution < -0.4 is 0 Å². The zero-order valence-electron chi connectivity index (χ0n) is 23.2. The van der Waals surface area contributed by atoms with E-state index in [1.54, 1.807) is 0 Å². The molecule has 3 aromatic rings. The van der Waals surface area contributed by atoms with E-state index in [-0.39, 0.29) is 5.92 Å². The van der Waals surface area contributed by atoms with Crippen molar-refractivity contribution in [2.75, 3.05) is 13.1 Å². The standard InChI is InChI=1S/C33H43ClN4O/c34-27-19-17-25(18-20-27)22-37-31-16-8-7-15-30(31)35-32(37)24-36-21-9-10-26(23-36)33(39)38(28-11-3-1-4-12-28)29-13-5-2-6-14-29/h7-8,15-20,26,28-29H,1-6,9-14,21-24H2/t26-/m0/s1. The first-order valence-electron chi connectivity index (χ1n) is 15.4. The first-order valence-corrected chi connectivity index (χ1v) is 15.8. The number of para-hydroxylation sites is 2. The van der Waals surface area contributed by atoms with E-state index < -0.39 is 0 Å². The number of piperidine rings is 1. The van der Waals surface area contributed by atoms with Gasteiger partial charge in [-0.2, -0.15) is 0 Å². The molecule has 6 heteroatoms. The van der Waals surface area contributed by atoms with Crippen LogP contribution in [0.2, 0.25) is 5.02 Å². The van der Waals surface area contributed by atoms with Crippen LogP contribution in [0.1, 0.15) is 88.4 Å². The van der Waals surface area contributed by atoms with Gasteiger partial charge in [0.15, 0.2) is 0 Å². The van der Waals surface area contributed by atoms with Crippen LogP contribution in [0.4, 0.5) is 0 Å². The molecular weight excluding hydrogens is 504 g/mol. The van der Waals surface area contributed by atoms with E-state index >= 15 is 0 Å². The third-order valence-electron chi connectivity index (χ3n) is 9.40. The Labute approximate surface area is 238 Å². The molecule has 1 aliphatic heterocycles. The van der Waals surface area contributed by atoms with Crippen molar-refractivity contribution in [3.05, 3.63) is 64.9 Å². The summed E-state index contributed by atoms with van der Waals surface area (Å²) in [4.78, 5) is 24.2. The molecule has 5 nitrogen and oxygen atoms in total. The number of hydrogen-bond donors (Lipinski definition) is 0. The van der Waals surface area contributed by atoms with Gasteiger partial charge in [-0.1, -0.05) is 74.4 Å². The lowest BCUT2D eigenvalue weighted by atomic mass is 9.86. The summed E-state index contributed by atoms with van der Waals surface area (Å²) in [6, 6.07) is 17.5. The number of imidazole rings is 1. The summed E-state index contributed by atoms with van der Waals surface area (Å²) in [6.07, 6.45) is 14.7. The fraction of sp³-hybridized carbons (Fsp3) is 0.576. The summed E-state index contributed by atoms with van der Waals surface area (Å²) in [6.45, 7) is 3.42. The van der Waals surface area contributed by atoms with Gasteiger partial charge in [0.2, 0.25) is 5.91 Å². The first-order chi connectivity index (χ1) is 19.2. The first kappa shape index (κ1) is 26.8. The van der Waals surface area contributed by atoms with E-state index in [1.165, 1.54) is 69.8 Å². The van der Waals surface area contributed by atoms with Crippen LogP contribution in [0.15, 0.2) is 48.5 Å². The minimum Gasteiger partial charge on any atom is -0.336 e. The predicted molar refractivity (Wildman–Crippen MR) is 159 cm³/mol. The molecule has 39 heavy (non-hydrogen) atoms. The van der Waals surface area contributed by atoms with Gasteiger partial charge < -0.3 is 9.47 Å². The summed E-state index contributed by atoms with van der Waals surface area (Å²) >= 11 is 6.15. The van der Waals surface area contributed by atoms with Crippen LogP contribution in [-0.4, -0.2) is 50.4 Å². The SMILES string of the molecule is O=C([C@H]1CCCN(Cc2nc3ccccc3n2Cc2ccc(Cl)cc2)C1)N(C1CCCCC1)C1CCCCC1. The quantitative estimate of drug-likeness (QED) is 0.309. The van der Waals surface area contributed by atoms with Gasteiger partial charge >= 0.3 is 0 Å². The molecule has 0 spiro atoms. The van der Waals surface area contributed by atoms with E-state index in [9.17, 15) is 4.79 Å². The van der Waals surface area contributed by atoms with Gasteiger partial charge in [0.05, 0.1) is 23.5 Å². The third kappa shape index (κ3) is 6.20. The number of halogens is 1. The highest BCUT2D eigenvalue weighted by Crippen LogP contribution is 2.33. The van der Waals surface area contributed by atoms with Crippen molar-refractivity contribution in [2.24, 2.45) is 5.92 Å². The van der Waals surface area contributed by atoms with E-state index in [2.05, 4.69) is 50.8 Å². The molecule has 1 saturated heterocycles. The van der Waals surface area contributed by atoms with Crippen molar-refractivity contribution in [2.45, 2.75) is 102 Å². The molecule has 1 atom stereocenters. The number of amides is 1. The Hall–Kier alpha value is -2.37. The average molecular weight is 547 g/mol. The fourth-order valence-electron chi connectivity index (χ4n) is 7.38. The number of rotatable bonds is 7. The average Bonchev–Trinajstić information content (AvgIpc) is 3.32. The Morgan fingerprint density at radius 2 is 1.49 bits per heavy atom. The van der Waals surface area contributed by atoms with E-state index in [4.69, 9.17) is 16.6 Å². The van der Waals surface area contributed by atoms with E-state index in [0.717, 1.165) is 60.9 Å². The third-order valence-corrected chi connectivity index (χ3v) is 9.65. The second kappa shape index (κ2) is 12.4. The molecule has 0 bridgehead atoms. The van der Waals surface area contributed by atoms with Gasteiger partial charge in [-0.05, 0) is 74.9 Å². The summed E-state index contributed by atoms with van der Waals surface area (Å²) in [5, 5.41) is 0.758. The molecular formula is C33H43ClN4O. The van der Waals surface area contributed by atoms with Crippen molar-refractivity contribution < 1.29 is 4.79 Å². The van der Waals surface area contributed by atoms with Gasteiger partial charge in [-0.25, -0.2) is 4.98 Å². The van der Waals surface area contributed by atoms with E-state index in [1.807, 2.05) is 12.1 Å². The molecule has 1 aromatic heterocycles. The lowest BCUT2D eigenvalue weighted by Crippen LogP contribution is -2.53. The smallest absolute Gasteiger partial charge is 0.227 e. The van der Waals surface area contributed by atoms with Gasteiger partial charge in [-0.15, -0.1) is 0 Å². The number of likely N-dealkylation sites (tertiary alicyclic amines) is 1. The minimum absolute atomic E-state index is 0.108. The van der Waals surface area contributed by atoms with Crippen LogP contribution >= 0.6 is 11.6 Å². The highest BCUT2D eigenvalue weighted by molar-refractivity contribution is 6.30. The lowest BCUT2D eigenvalue weighted by Gasteiger charge is -2.44. The van der Waals surface area contributed by atoms with Crippen LogP contribution in [0.3, 0.4) is 0 Å². The molecule has 0 N–H and O–H groups in total. The molecule has 6 rings (SSSR count). The molecule has 0 radical (unpaired) electrons. The van der Waals surface area contributed by atoms with Gasteiger partial charge in [0.25, 0.3) is 0 Å².